The summed E-state index contributed by atoms with van der Waals surface area (Å²) in [6, 6.07) is 4.61. The van der Waals surface area contributed by atoms with Gasteiger partial charge in [-0.05, 0) is 30.2 Å². The SMILES string of the molecule is C=Cc1cc(C#N)c(F)cc1C. The molecule has 0 fully saturated rings. The lowest BCUT2D eigenvalue weighted by Crippen LogP contribution is -1.88. The van der Waals surface area contributed by atoms with Crippen molar-refractivity contribution >= 4 is 6.08 Å². The van der Waals surface area contributed by atoms with Crippen LogP contribution >= 0.6 is 0 Å². The van der Waals surface area contributed by atoms with Gasteiger partial charge in [-0.1, -0.05) is 12.7 Å². The molecule has 1 nitrogen and oxygen atoms in total. The lowest BCUT2D eigenvalue weighted by atomic mass is 10.1. The highest BCUT2D eigenvalue weighted by molar-refractivity contribution is 5.55. The third-order valence-electron chi connectivity index (χ3n) is 1.70. The van der Waals surface area contributed by atoms with Crippen LogP contribution < -0.4 is 0 Å². The fourth-order valence-electron chi connectivity index (χ4n) is 0.995. The Bertz CT molecular complexity index is 361. The number of nitrogens with zero attached hydrogens (tertiary/aromatic N) is 1. The summed E-state index contributed by atoms with van der Waals surface area (Å²) in [5, 5.41) is 8.50. The Hall–Kier alpha value is -1.62. The highest BCUT2D eigenvalue weighted by atomic mass is 19.1. The normalized spacial score (nSPS) is 9.08. The van der Waals surface area contributed by atoms with Crippen LogP contribution in [0.4, 0.5) is 4.39 Å². The minimum Gasteiger partial charge on any atom is -0.206 e. The summed E-state index contributed by atoms with van der Waals surface area (Å²) in [6.07, 6.45) is 1.61. The van der Waals surface area contributed by atoms with Gasteiger partial charge in [0.2, 0.25) is 0 Å². The minimum absolute atomic E-state index is 0.0653. The molecule has 0 N–H and O–H groups in total. The second-order valence-corrected chi connectivity index (χ2v) is 2.50. The Balaban J connectivity index is 3.39. The van der Waals surface area contributed by atoms with Gasteiger partial charge in [-0.15, -0.1) is 0 Å². The zero-order valence-electron chi connectivity index (χ0n) is 6.76. The fourth-order valence-corrected chi connectivity index (χ4v) is 0.995. The van der Waals surface area contributed by atoms with Gasteiger partial charge in [0.1, 0.15) is 11.9 Å². The van der Waals surface area contributed by atoms with Crippen molar-refractivity contribution in [1.29, 1.82) is 5.26 Å². The van der Waals surface area contributed by atoms with Gasteiger partial charge in [-0.3, -0.25) is 0 Å². The lowest BCUT2D eigenvalue weighted by molar-refractivity contribution is 0.622. The number of aryl methyl sites for hydroxylation is 1. The third kappa shape index (κ3) is 1.35. The second kappa shape index (κ2) is 3.19. The van der Waals surface area contributed by atoms with Crippen LogP contribution in [0.5, 0.6) is 0 Å². The number of hydrogen-bond acceptors (Lipinski definition) is 1. The van der Waals surface area contributed by atoms with Gasteiger partial charge >= 0.3 is 0 Å². The average molecular weight is 161 g/mol. The molecular weight excluding hydrogens is 153 g/mol. The average Bonchev–Trinajstić information content (AvgIpc) is 2.05. The highest BCUT2D eigenvalue weighted by Gasteiger charge is 2.03. The van der Waals surface area contributed by atoms with Crippen LogP contribution in [0, 0.1) is 24.1 Å². The van der Waals surface area contributed by atoms with Crippen molar-refractivity contribution in [3.8, 4) is 6.07 Å². The van der Waals surface area contributed by atoms with Gasteiger partial charge in [-0.25, -0.2) is 4.39 Å². The number of halogens is 1. The minimum atomic E-state index is -0.472. The van der Waals surface area contributed by atoms with E-state index in [1.807, 2.05) is 0 Å². The van der Waals surface area contributed by atoms with Crippen LogP contribution in [-0.4, -0.2) is 0 Å². The molecule has 0 aliphatic heterocycles. The predicted molar refractivity (Wildman–Crippen MR) is 45.9 cm³/mol. The third-order valence-corrected chi connectivity index (χ3v) is 1.70. The molecule has 1 rings (SSSR count). The molecule has 0 atom stereocenters. The monoisotopic (exact) mass is 161 g/mol. The summed E-state index contributed by atoms with van der Waals surface area (Å²) < 4.78 is 12.9. The molecule has 0 unspecified atom stereocenters. The molecule has 0 saturated carbocycles. The van der Waals surface area contributed by atoms with Gasteiger partial charge in [0.25, 0.3) is 0 Å². The number of benzene rings is 1. The Morgan fingerprint density at radius 3 is 2.75 bits per heavy atom. The zero-order valence-corrected chi connectivity index (χ0v) is 6.76. The van der Waals surface area contributed by atoms with E-state index in [0.717, 1.165) is 11.1 Å². The van der Waals surface area contributed by atoms with Crippen LogP contribution in [0.25, 0.3) is 6.08 Å². The molecule has 60 valence electrons. The standard InChI is InChI=1S/C10H8FN/c1-3-8-5-9(6-12)10(11)4-7(8)2/h3-5H,1H2,2H3. The topological polar surface area (TPSA) is 23.8 Å². The fraction of sp³-hybridized carbons (Fsp3) is 0.100. The molecule has 0 saturated heterocycles. The molecule has 0 aliphatic carbocycles. The summed E-state index contributed by atoms with van der Waals surface area (Å²) in [4.78, 5) is 0. The number of rotatable bonds is 1. The molecule has 0 aromatic heterocycles. The van der Waals surface area contributed by atoms with Crippen LogP contribution in [0.15, 0.2) is 18.7 Å². The van der Waals surface area contributed by atoms with E-state index in [1.54, 1.807) is 19.1 Å². The molecule has 2 heteroatoms. The first kappa shape index (κ1) is 8.48. The van der Waals surface area contributed by atoms with Crippen molar-refractivity contribution in [2.75, 3.05) is 0 Å². The number of nitriles is 1. The van der Waals surface area contributed by atoms with Gasteiger partial charge in [-0.2, -0.15) is 5.26 Å². The maximum Gasteiger partial charge on any atom is 0.141 e. The molecule has 0 amide bonds. The number of hydrogen-bond donors (Lipinski definition) is 0. The summed E-state index contributed by atoms with van der Waals surface area (Å²) in [5.41, 5.74) is 1.66. The Labute approximate surface area is 70.8 Å². The summed E-state index contributed by atoms with van der Waals surface area (Å²) >= 11 is 0. The van der Waals surface area contributed by atoms with Crippen molar-refractivity contribution in [2.45, 2.75) is 6.92 Å². The van der Waals surface area contributed by atoms with Crippen LogP contribution in [0.3, 0.4) is 0 Å². The molecule has 1 aromatic rings. The molecular formula is C10H8FN. The maximum atomic E-state index is 12.9. The summed E-state index contributed by atoms with van der Waals surface area (Å²) in [7, 11) is 0. The van der Waals surface area contributed by atoms with E-state index in [2.05, 4.69) is 6.58 Å². The summed E-state index contributed by atoms with van der Waals surface area (Å²) in [5.74, 6) is -0.472. The first-order chi connectivity index (χ1) is 5.69. The van der Waals surface area contributed by atoms with E-state index >= 15 is 0 Å². The smallest absolute Gasteiger partial charge is 0.141 e. The second-order valence-electron chi connectivity index (χ2n) is 2.50. The molecule has 0 spiro atoms. The molecule has 1 aromatic carbocycles. The van der Waals surface area contributed by atoms with Gasteiger partial charge in [0, 0.05) is 0 Å². The van der Waals surface area contributed by atoms with Gasteiger partial charge in [0.15, 0.2) is 0 Å². The van der Waals surface area contributed by atoms with Gasteiger partial charge in [0.05, 0.1) is 5.56 Å². The van der Waals surface area contributed by atoms with Crippen molar-refractivity contribution < 1.29 is 4.39 Å². The van der Waals surface area contributed by atoms with Crippen LogP contribution in [-0.2, 0) is 0 Å². The predicted octanol–water partition coefficient (Wildman–Crippen LogP) is 2.65. The largest absolute Gasteiger partial charge is 0.206 e. The van der Waals surface area contributed by atoms with Crippen molar-refractivity contribution in [2.24, 2.45) is 0 Å². The van der Waals surface area contributed by atoms with Crippen molar-refractivity contribution in [3.63, 3.8) is 0 Å². The zero-order chi connectivity index (χ0) is 9.14. The maximum absolute atomic E-state index is 12.9. The highest BCUT2D eigenvalue weighted by Crippen LogP contribution is 2.15. The van der Waals surface area contributed by atoms with Crippen LogP contribution in [0.1, 0.15) is 16.7 Å². The molecule has 12 heavy (non-hydrogen) atoms. The van der Waals surface area contributed by atoms with E-state index in [4.69, 9.17) is 5.26 Å². The van der Waals surface area contributed by atoms with Crippen LogP contribution in [0.2, 0.25) is 0 Å². The molecule has 0 bridgehead atoms. The van der Waals surface area contributed by atoms with Gasteiger partial charge < -0.3 is 0 Å². The molecule has 0 heterocycles. The lowest BCUT2D eigenvalue weighted by Gasteiger charge is -2.00. The van der Waals surface area contributed by atoms with E-state index in [0.29, 0.717) is 0 Å². The Morgan fingerprint density at radius 1 is 1.58 bits per heavy atom. The first-order valence-electron chi connectivity index (χ1n) is 3.51. The van der Waals surface area contributed by atoms with E-state index in [9.17, 15) is 4.39 Å². The summed E-state index contributed by atoms with van der Waals surface area (Å²) in [6.45, 7) is 5.34. The first-order valence-corrected chi connectivity index (χ1v) is 3.51. The Morgan fingerprint density at radius 2 is 2.25 bits per heavy atom. The van der Waals surface area contributed by atoms with E-state index < -0.39 is 5.82 Å². The quantitative estimate of drug-likeness (QED) is 0.621. The van der Waals surface area contributed by atoms with E-state index in [-0.39, 0.29) is 5.56 Å². The molecule has 0 radical (unpaired) electrons. The van der Waals surface area contributed by atoms with Crippen molar-refractivity contribution in [3.05, 3.63) is 41.2 Å². The van der Waals surface area contributed by atoms with E-state index in [1.165, 1.54) is 12.1 Å². The molecule has 0 aliphatic rings. The Kier molecular flexibility index (Phi) is 2.25. The van der Waals surface area contributed by atoms with Crippen molar-refractivity contribution in [1.82, 2.24) is 0 Å².